The summed E-state index contributed by atoms with van der Waals surface area (Å²) in [6.45, 7) is 6.05. The van der Waals surface area contributed by atoms with Crippen LogP contribution in [0.4, 0.5) is 5.69 Å². The van der Waals surface area contributed by atoms with Crippen LogP contribution < -0.4 is 10.2 Å². The topological polar surface area (TPSA) is 40.1 Å². The van der Waals surface area contributed by atoms with Gasteiger partial charge in [0.1, 0.15) is 0 Å². The molecule has 0 aliphatic carbocycles. The highest BCUT2D eigenvalue weighted by atomic mass is 127. The summed E-state index contributed by atoms with van der Waals surface area (Å²) in [6.07, 6.45) is 1.18. The molecule has 1 aromatic carbocycles. The number of likely N-dealkylation sites (tertiary alicyclic amines) is 1. The van der Waals surface area contributed by atoms with Gasteiger partial charge in [0.25, 0.3) is 0 Å². The lowest BCUT2D eigenvalue weighted by atomic mass is 10.1. The number of nitrogens with zero attached hydrogens (tertiary/aromatic N) is 3. The van der Waals surface area contributed by atoms with E-state index in [2.05, 4.69) is 44.4 Å². The summed E-state index contributed by atoms with van der Waals surface area (Å²) in [5, 5.41) is 3.51. The summed E-state index contributed by atoms with van der Waals surface area (Å²) in [6, 6.07) is 8.96. The van der Waals surface area contributed by atoms with E-state index >= 15 is 0 Å². The fourth-order valence-corrected chi connectivity index (χ4v) is 4.46. The number of thioether (sulfide) groups is 1. The fraction of sp³-hybridized carbons (Fsp3) is 0.632. The zero-order chi connectivity index (χ0) is 17.5. The van der Waals surface area contributed by atoms with Crippen molar-refractivity contribution in [2.24, 2.45) is 10.9 Å². The first-order chi connectivity index (χ1) is 12.3. The van der Waals surface area contributed by atoms with Gasteiger partial charge in [0.15, 0.2) is 5.96 Å². The van der Waals surface area contributed by atoms with Gasteiger partial charge in [0.05, 0.1) is 6.61 Å². The molecule has 1 aromatic rings. The van der Waals surface area contributed by atoms with Gasteiger partial charge < -0.3 is 19.9 Å². The molecule has 1 unspecified atom stereocenters. The third-order valence-electron chi connectivity index (χ3n) is 4.96. The molecule has 1 N–H and O–H groups in total. The first kappa shape index (κ1) is 21.6. The van der Waals surface area contributed by atoms with E-state index in [1.807, 2.05) is 18.8 Å². The summed E-state index contributed by atoms with van der Waals surface area (Å²) in [5.41, 5.74) is 2.64. The van der Waals surface area contributed by atoms with E-state index in [9.17, 15) is 0 Å². The number of methoxy groups -OCH3 is 1. The number of halogens is 1. The molecule has 0 amide bonds. The molecule has 0 radical (unpaired) electrons. The van der Waals surface area contributed by atoms with Gasteiger partial charge in [-0.25, -0.2) is 0 Å². The van der Waals surface area contributed by atoms with E-state index in [0.717, 1.165) is 45.3 Å². The predicted octanol–water partition coefficient (Wildman–Crippen LogP) is 2.90. The van der Waals surface area contributed by atoms with Crippen LogP contribution in [0.5, 0.6) is 0 Å². The van der Waals surface area contributed by atoms with Gasteiger partial charge in [-0.05, 0) is 24.1 Å². The molecule has 0 saturated carbocycles. The van der Waals surface area contributed by atoms with Gasteiger partial charge in [0.2, 0.25) is 0 Å². The normalized spacial score (nSPS) is 20.8. The average molecular weight is 490 g/mol. The molecular weight excluding hydrogens is 459 g/mol. The van der Waals surface area contributed by atoms with Crippen molar-refractivity contribution in [2.75, 3.05) is 63.3 Å². The summed E-state index contributed by atoms with van der Waals surface area (Å²) in [5.74, 6) is 4.08. The Balaban J connectivity index is 0.00000243. The number of rotatable bonds is 5. The Morgan fingerprint density at radius 3 is 2.62 bits per heavy atom. The lowest BCUT2D eigenvalue weighted by Crippen LogP contribution is -2.39. The largest absolute Gasteiger partial charge is 0.384 e. The van der Waals surface area contributed by atoms with E-state index < -0.39 is 0 Å². The highest BCUT2D eigenvalue weighted by Gasteiger charge is 2.24. The SMILES string of the molecule is CN=C(NCc1ccc(N2CCSCC2)cc1)N1CCC(COC)C1.I. The fourth-order valence-electron chi connectivity index (χ4n) is 3.56. The van der Waals surface area contributed by atoms with E-state index in [0.29, 0.717) is 5.92 Å². The Hall–Kier alpha value is -0.670. The molecule has 146 valence electrons. The van der Waals surface area contributed by atoms with E-state index in [1.165, 1.54) is 29.2 Å². The average Bonchev–Trinajstić information content (AvgIpc) is 3.12. The zero-order valence-electron chi connectivity index (χ0n) is 15.8. The third kappa shape index (κ3) is 5.92. The number of hydrogen-bond acceptors (Lipinski definition) is 4. The minimum Gasteiger partial charge on any atom is -0.384 e. The Kier molecular flexibility index (Phi) is 9.35. The number of benzene rings is 1. The molecule has 2 aliphatic heterocycles. The quantitative estimate of drug-likeness (QED) is 0.391. The van der Waals surface area contributed by atoms with Crippen molar-refractivity contribution in [3.63, 3.8) is 0 Å². The minimum atomic E-state index is 0. The van der Waals surface area contributed by atoms with Crippen molar-refractivity contribution < 1.29 is 4.74 Å². The maximum atomic E-state index is 5.29. The van der Waals surface area contributed by atoms with Crippen LogP contribution in [-0.4, -0.2) is 69.3 Å². The monoisotopic (exact) mass is 490 g/mol. The maximum Gasteiger partial charge on any atom is 0.193 e. The standard InChI is InChI=1S/C19H30N4OS.HI/c1-20-19(23-8-7-17(14-23)15-24-2)21-13-16-3-5-18(6-4-16)22-9-11-25-12-10-22;/h3-6,17H,7-15H2,1-2H3,(H,20,21);1H. The number of ether oxygens (including phenoxy) is 1. The summed E-state index contributed by atoms with van der Waals surface area (Å²) < 4.78 is 5.29. The van der Waals surface area contributed by atoms with Crippen LogP contribution in [0, 0.1) is 5.92 Å². The molecule has 2 saturated heterocycles. The van der Waals surface area contributed by atoms with Crippen molar-refractivity contribution in [3.05, 3.63) is 29.8 Å². The van der Waals surface area contributed by atoms with Gasteiger partial charge in [-0.2, -0.15) is 11.8 Å². The molecule has 26 heavy (non-hydrogen) atoms. The van der Waals surface area contributed by atoms with E-state index in [4.69, 9.17) is 4.74 Å². The van der Waals surface area contributed by atoms with E-state index in [1.54, 1.807) is 7.11 Å². The highest BCUT2D eigenvalue weighted by molar-refractivity contribution is 14.0. The molecule has 5 nitrogen and oxygen atoms in total. The van der Waals surface area contributed by atoms with Crippen molar-refractivity contribution >= 4 is 47.4 Å². The van der Waals surface area contributed by atoms with Crippen LogP contribution in [0.3, 0.4) is 0 Å². The second-order valence-electron chi connectivity index (χ2n) is 6.72. The lowest BCUT2D eigenvalue weighted by molar-refractivity contribution is 0.157. The number of nitrogens with one attached hydrogen (secondary N) is 1. The summed E-state index contributed by atoms with van der Waals surface area (Å²) >= 11 is 2.05. The Bertz CT molecular complexity index is 563. The predicted molar refractivity (Wildman–Crippen MR) is 123 cm³/mol. The molecule has 1 atom stereocenters. The van der Waals surface area contributed by atoms with Crippen LogP contribution in [0.2, 0.25) is 0 Å². The molecular formula is C19H31IN4OS. The summed E-state index contributed by atoms with van der Waals surface area (Å²) in [7, 11) is 3.64. The van der Waals surface area contributed by atoms with Gasteiger partial charge in [-0.3, -0.25) is 4.99 Å². The maximum absolute atomic E-state index is 5.29. The van der Waals surface area contributed by atoms with Gasteiger partial charge in [-0.15, -0.1) is 24.0 Å². The smallest absolute Gasteiger partial charge is 0.193 e. The zero-order valence-corrected chi connectivity index (χ0v) is 19.0. The Labute approximate surface area is 179 Å². The van der Waals surface area contributed by atoms with Crippen LogP contribution in [0.15, 0.2) is 29.3 Å². The van der Waals surface area contributed by atoms with Crippen LogP contribution >= 0.6 is 35.7 Å². The van der Waals surface area contributed by atoms with Crippen molar-refractivity contribution in [1.82, 2.24) is 10.2 Å². The van der Waals surface area contributed by atoms with Crippen molar-refractivity contribution in [3.8, 4) is 0 Å². The number of anilines is 1. The molecule has 0 aromatic heterocycles. The Morgan fingerprint density at radius 2 is 1.96 bits per heavy atom. The molecule has 2 heterocycles. The van der Waals surface area contributed by atoms with Crippen molar-refractivity contribution in [1.29, 1.82) is 0 Å². The third-order valence-corrected chi connectivity index (χ3v) is 5.91. The van der Waals surface area contributed by atoms with Gasteiger partial charge in [-0.1, -0.05) is 12.1 Å². The first-order valence-electron chi connectivity index (χ1n) is 9.16. The number of hydrogen-bond donors (Lipinski definition) is 1. The minimum absolute atomic E-state index is 0. The van der Waals surface area contributed by atoms with Crippen molar-refractivity contribution in [2.45, 2.75) is 13.0 Å². The van der Waals surface area contributed by atoms with E-state index in [-0.39, 0.29) is 24.0 Å². The molecule has 2 aliphatic rings. The molecule has 0 spiro atoms. The highest BCUT2D eigenvalue weighted by Crippen LogP contribution is 2.20. The lowest BCUT2D eigenvalue weighted by Gasteiger charge is -2.28. The van der Waals surface area contributed by atoms with Crippen LogP contribution in [0.25, 0.3) is 0 Å². The second-order valence-corrected chi connectivity index (χ2v) is 7.95. The molecule has 3 rings (SSSR count). The first-order valence-corrected chi connectivity index (χ1v) is 10.3. The Morgan fingerprint density at radius 1 is 1.23 bits per heavy atom. The van der Waals surface area contributed by atoms with Crippen LogP contribution in [0.1, 0.15) is 12.0 Å². The van der Waals surface area contributed by atoms with Crippen LogP contribution in [-0.2, 0) is 11.3 Å². The summed E-state index contributed by atoms with van der Waals surface area (Å²) in [4.78, 5) is 9.27. The second kappa shape index (κ2) is 11.2. The number of guanidine groups is 1. The number of aliphatic imine (C=N–C) groups is 1. The van der Waals surface area contributed by atoms with Gasteiger partial charge in [0, 0.05) is 70.0 Å². The van der Waals surface area contributed by atoms with Gasteiger partial charge >= 0.3 is 0 Å². The molecule has 0 bridgehead atoms. The molecule has 2 fully saturated rings. The molecule has 7 heteroatoms.